The minimum atomic E-state index is -0.511. The lowest BCUT2D eigenvalue weighted by Crippen LogP contribution is -2.48. The molecule has 1 aliphatic heterocycles. The van der Waals surface area contributed by atoms with Gasteiger partial charge in [0.25, 0.3) is 0 Å². The third-order valence-electron chi connectivity index (χ3n) is 2.95. The maximum absolute atomic E-state index is 11.7. The highest BCUT2D eigenvalue weighted by molar-refractivity contribution is 6.29. The fourth-order valence-electron chi connectivity index (χ4n) is 2.04. The summed E-state index contributed by atoms with van der Waals surface area (Å²) in [6.45, 7) is 7.75. The van der Waals surface area contributed by atoms with Crippen molar-refractivity contribution in [2.45, 2.75) is 32.5 Å². The number of nitrogens with one attached hydrogen (secondary N) is 1. The van der Waals surface area contributed by atoms with Gasteiger partial charge in [0, 0.05) is 19.6 Å². The van der Waals surface area contributed by atoms with Crippen LogP contribution < -0.4 is 10.2 Å². The molecule has 2 heterocycles. The van der Waals surface area contributed by atoms with E-state index in [1.807, 2.05) is 31.7 Å². The van der Waals surface area contributed by atoms with Crippen molar-refractivity contribution < 1.29 is 14.3 Å². The van der Waals surface area contributed by atoms with Gasteiger partial charge in [-0.1, -0.05) is 11.6 Å². The highest BCUT2D eigenvalue weighted by Gasteiger charge is 2.23. The topological polar surface area (TPSA) is 76.6 Å². The fraction of sp³-hybridized carbons (Fsp3) is 0.643. The molecule has 0 saturated carbocycles. The number of carbonyl (C=O) groups excluding carboxylic acids is 1. The molecule has 1 aromatic heterocycles. The minimum absolute atomic E-state index is 0.126. The van der Waals surface area contributed by atoms with Crippen LogP contribution in [0.4, 0.5) is 10.6 Å². The molecule has 1 N–H and O–H groups in total. The zero-order valence-electron chi connectivity index (χ0n) is 13.0. The van der Waals surface area contributed by atoms with Crippen molar-refractivity contribution in [2.24, 2.45) is 0 Å². The first kappa shape index (κ1) is 16.8. The van der Waals surface area contributed by atoms with Gasteiger partial charge < -0.3 is 19.7 Å². The highest BCUT2D eigenvalue weighted by Crippen LogP contribution is 2.15. The summed E-state index contributed by atoms with van der Waals surface area (Å²) in [6.07, 6.45) is -0.571. The number of anilines is 1. The molecule has 8 heteroatoms. The molecule has 0 spiro atoms. The van der Waals surface area contributed by atoms with E-state index in [1.165, 1.54) is 0 Å². The third-order valence-corrected chi connectivity index (χ3v) is 3.16. The summed E-state index contributed by atoms with van der Waals surface area (Å²) >= 11 is 5.74. The van der Waals surface area contributed by atoms with Crippen LogP contribution in [0.2, 0.25) is 5.15 Å². The van der Waals surface area contributed by atoms with Crippen LogP contribution in [0.3, 0.4) is 0 Å². The van der Waals surface area contributed by atoms with Crippen molar-refractivity contribution in [1.82, 2.24) is 15.5 Å². The number of hydrogen-bond donors (Lipinski definition) is 1. The molecule has 0 radical (unpaired) electrons. The first-order valence-electron chi connectivity index (χ1n) is 7.16. The molecule has 1 saturated heterocycles. The maximum atomic E-state index is 11.7. The molecule has 7 nitrogen and oxygen atoms in total. The number of morpholine rings is 1. The van der Waals surface area contributed by atoms with Crippen LogP contribution in [-0.2, 0) is 9.47 Å². The van der Waals surface area contributed by atoms with Crippen LogP contribution in [-0.4, -0.2) is 54.2 Å². The second-order valence-electron chi connectivity index (χ2n) is 6.04. The number of rotatable bonds is 3. The van der Waals surface area contributed by atoms with Gasteiger partial charge in [-0.3, -0.25) is 0 Å². The molecular formula is C14H21ClN4O3. The number of aromatic nitrogens is 2. The van der Waals surface area contributed by atoms with Crippen LogP contribution in [0.1, 0.15) is 20.8 Å². The number of hydrogen-bond acceptors (Lipinski definition) is 6. The summed E-state index contributed by atoms with van der Waals surface area (Å²) in [4.78, 5) is 13.7. The van der Waals surface area contributed by atoms with E-state index >= 15 is 0 Å². The van der Waals surface area contributed by atoms with E-state index in [4.69, 9.17) is 21.1 Å². The van der Waals surface area contributed by atoms with Gasteiger partial charge in [-0.05, 0) is 32.9 Å². The summed E-state index contributed by atoms with van der Waals surface area (Å²) in [5.74, 6) is 0.745. The Balaban J connectivity index is 1.83. The summed E-state index contributed by atoms with van der Waals surface area (Å²) in [6, 6.07) is 3.52. The molecule has 22 heavy (non-hydrogen) atoms. The Morgan fingerprint density at radius 1 is 1.50 bits per heavy atom. The van der Waals surface area contributed by atoms with Gasteiger partial charge in [0.05, 0.1) is 12.7 Å². The largest absolute Gasteiger partial charge is 0.444 e. The Labute approximate surface area is 134 Å². The molecule has 122 valence electrons. The fourth-order valence-corrected chi connectivity index (χ4v) is 2.14. The van der Waals surface area contributed by atoms with Crippen molar-refractivity contribution in [3.8, 4) is 0 Å². The lowest BCUT2D eigenvalue weighted by Gasteiger charge is -2.33. The molecule has 2 rings (SSSR count). The maximum Gasteiger partial charge on any atom is 0.407 e. The average molecular weight is 329 g/mol. The van der Waals surface area contributed by atoms with Crippen LogP contribution in [0.25, 0.3) is 0 Å². The van der Waals surface area contributed by atoms with Crippen LogP contribution in [0.15, 0.2) is 12.1 Å². The summed E-state index contributed by atoms with van der Waals surface area (Å²) < 4.78 is 10.8. The summed E-state index contributed by atoms with van der Waals surface area (Å²) in [7, 11) is 0. The quantitative estimate of drug-likeness (QED) is 0.912. The number of carbonyl (C=O) groups is 1. The van der Waals surface area contributed by atoms with Crippen LogP contribution in [0.5, 0.6) is 0 Å². The number of ether oxygens (including phenoxy) is 2. The minimum Gasteiger partial charge on any atom is -0.444 e. The standard InChI is InChI=1S/C14H21ClN4O3/c1-14(2,3)22-13(20)16-8-10-9-19(6-7-21-10)12-5-4-11(15)17-18-12/h4-5,10H,6-9H2,1-3H3,(H,16,20)/t10-/m0/s1. The van der Waals surface area contributed by atoms with Crippen molar-refractivity contribution in [1.29, 1.82) is 0 Å². The monoisotopic (exact) mass is 328 g/mol. The van der Waals surface area contributed by atoms with E-state index in [0.717, 1.165) is 12.4 Å². The lowest BCUT2D eigenvalue weighted by molar-refractivity contribution is 0.0281. The first-order valence-corrected chi connectivity index (χ1v) is 7.54. The van der Waals surface area contributed by atoms with Crippen LogP contribution >= 0.6 is 11.6 Å². The van der Waals surface area contributed by atoms with Gasteiger partial charge in [-0.15, -0.1) is 10.2 Å². The molecule has 1 atom stereocenters. The second kappa shape index (κ2) is 7.11. The number of halogens is 1. The molecule has 1 fully saturated rings. The molecule has 0 bridgehead atoms. The van der Waals surface area contributed by atoms with Gasteiger partial charge in [-0.25, -0.2) is 4.79 Å². The van der Waals surface area contributed by atoms with Crippen molar-refractivity contribution in [3.63, 3.8) is 0 Å². The van der Waals surface area contributed by atoms with E-state index in [9.17, 15) is 4.79 Å². The zero-order valence-corrected chi connectivity index (χ0v) is 13.8. The Bertz CT molecular complexity index is 504. The van der Waals surface area contributed by atoms with Crippen molar-refractivity contribution in [2.75, 3.05) is 31.1 Å². The second-order valence-corrected chi connectivity index (χ2v) is 6.42. The van der Waals surface area contributed by atoms with E-state index in [-0.39, 0.29) is 6.10 Å². The number of nitrogens with zero attached hydrogens (tertiary/aromatic N) is 3. The van der Waals surface area contributed by atoms with Gasteiger partial charge in [0.2, 0.25) is 0 Å². The Morgan fingerprint density at radius 2 is 2.27 bits per heavy atom. The molecule has 0 aliphatic carbocycles. The predicted molar refractivity (Wildman–Crippen MR) is 83.2 cm³/mol. The van der Waals surface area contributed by atoms with E-state index in [2.05, 4.69) is 15.5 Å². The van der Waals surface area contributed by atoms with Crippen molar-refractivity contribution in [3.05, 3.63) is 17.3 Å². The van der Waals surface area contributed by atoms with Crippen LogP contribution in [0, 0.1) is 0 Å². The number of alkyl carbamates (subject to hydrolysis) is 1. The highest BCUT2D eigenvalue weighted by atomic mass is 35.5. The van der Waals surface area contributed by atoms with E-state index < -0.39 is 11.7 Å². The zero-order chi connectivity index (χ0) is 16.2. The van der Waals surface area contributed by atoms with Crippen molar-refractivity contribution >= 4 is 23.5 Å². The van der Waals surface area contributed by atoms with Gasteiger partial charge in [0.15, 0.2) is 11.0 Å². The number of amides is 1. The molecule has 1 aliphatic rings. The SMILES string of the molecule is CC(C)(C)OC(=O)NC[C@H]1CN(c2ccc(Cl)nn2)CCO1. The van der Waals surface area contributed by atoms with E-state index in [1.54, 1.807) is 6.07 Å². The summed E-state index contributed by atoms with van der Waals surface area (Å²) in [5, 5.41) is 11.0. The molecular weight excluding hydrogens is 308 g/mol. The Kier molecular flexibility index (Phi) is 5.42. The molecule has 1 amide bonds. The Hall–Kier alpha value is -1.60. The summed E-state index contributed by atoms with van der Waals surface area (Å²) in [5.41, 5.74) is -0.511. The smallest absolute Gasteiger partial charge is 0.407 e. The van der Waals surface area contributed by atoms with Gasteiger partial charge in [-0.2, -0.15) is 0 Å². The van der Waals surface area contributed by atoms with Gasteiger partial charge >= 0.3 is 6.09 Å². The van der Waals surface area contributed by atoms with E-state index in [0.29, 0.717) is 24.8 Å². The molecule has 1 aromatic rings. The third kappa shape index (κ3) is 5.31. The normalized spacial score (nSPS) is 18.9. The molecule has 0 unspecified atom stereocenters. The first-order chi connectivity index (χ1) is 10.3. The van der Waals surface area contributed by atoms with Gasteiger partial charge in [0.1, 0.15) is 5.60 Å². The predicted octanol–water partition coefficient (Wildman–Crippen LogP) is 1.86. The average Bonchev–Trinajstić information content (AvgIpc) is 2.44. The Morgan fingerprint density at radius 3 is 2.91 bits per heavy atom. The molecule has 0 aromatic carbocycles. The lowest BCUT2D eigenvalue weighted by atomic mass is 10.2.